The van der Waals surface area contributed by atoms with Crippen molar-refractivity contribution in [2.24, 2.45) is 5.92 Å². The van der Waals surface area contributed by atoms with Gasteiger partial charge in [-0.1, -0.05) is 19.1 Å². The number of benzene rings is 1. The second kappa shape index (κ2) is 4.39. The predicted octanol–water partition coefficient (Wildman–Crippen LogP) is 2.27. The lowest BCUT2D eigenvalue weighted by Gasteiger charge is -2.19. The van der Waals surface area contributed by atoms with Crippen molar-refractivity contribution in [3.8, 4) is 0 Å². The van der Waals surface area contributed by atoms with Crippen molar-refractivity contribution in [1.29, 1.82) is 0 Å². The van der Waals surface area contributed by atoms with Crippen LogP contribution >= 0.6 is 0 Å². The summed E-state index contributed by atoms with van der Waals surface area (Å²) in [6, 6.07) is 6.98. The molecule has 1 amide bonds. The van der Waals surface area contributed by atoms with Crippen LogP contribution in [0.2, 0.25) is 0 Å². The van der Waals surface area contributed by atoms with Gasteiger partial charge in [-0.25, -0.2) is 0 Å². The van der Waals surface area contributed by atoms with Crippen LogP contribution in [0.5, 0.6) is 0 Å². The van der Waals surface area contributed by atoms with Gasteiger partial charge in [0.25, 0.3) is 0 Å². The minimum atomic E-state index is 0.202. The fourth-order valence-electron chi connectivity index (χ4n) is 2.89. The second-order valence-corrected chi connectivity index (χ2v) is 5.39. The van der Waals surface area contributed by atoms with Crippen molar-refractivity contribution in [2.45, 2.75) is 32.2 Å². The van der Waals surface area contributed by atoms with Gasteiger partial charge >= 0.3 is 0 Å². The number of rotatable bonds is 4. The van der Waals surface area contributed by atoms with E-state index in [2.05, 4.69) is 30.4 Å². The van der Waals surface area contributed by atoms with Crippen LogP contribution in [0.15, 0.2) is 18.2 Å². The maximum absolute atomic E-state index is 11.7. The number of carbonyl (C=O) groups is 1. The second-order valence-electron chi connectivity index (χ2n) is 5.39. The molecular weight excluding hydrogens is 224 g/mol. The van der Waals surface area contributed by atoms with E-state index in [1.807, 2.05) is 7.05 Å². The zero-order chi connectivity index (χ0) is 12.7. The Morgan fingerprint density at radius 3 is 2.89 bits per heavy atom. The third-order valence-corrected chi connectivity index (χ3v) is 4.06. The number of likely N-dealkylation sites (N-methyl/N-ethyl adjacent to an activating group) is 1. The van der Waals surface area contributed by atoms with Gasteiger partial charge < -0.3 is 10.2 Å². The van der Waals surface area contributed by atoms with Crippen molar-refractivity contribution in [2.75, 3.05) is 18.5 Å². The van der Waals surface area contributed by atoms with E-state index in [0.29, 0.717) is 12.5 Å². The molecule has 0 radical (unpaired) electrons. The predicted molar refractivity (Wildman–Crippen MR) is 72.7 cm³/mol. The van der Waals surface area contributed by atoms with Crippen LogP contribution in [-0.2, 0) is 11.2 Å². The molecule has 3 heteroatoms. The molecule has 1 fully saturated rings. The molecule has 1 saturated carbocycles. The lowest BCUT2D eigenvalue weighted by molar-refractivity contribution is -0.117. The first-order chi connectivity index (χ1) is 8.70. The van der Waals surface area contributed by atoms with Crippen LogP contribution in [0.3, 0.4) is 0 Å². The van der Waals surface area contributed by atoms with E-state index in [0.717, 1.165) is 18.2 Å². The lowest BCUT2D eigenvalue weighted by Crippen LogP contribution is -2.22. The number of carbonyl (C=O) groups excluding carboxylic acids is 1. The van der Waals surface area contributed by atoms with Gasteiger partial charge in [-0.3, -0.25) is 4.79 Å². The minimum Gasteiger partial charge on any atom is -0.315 e. The van der Waals surface area contributed by atoms with Crippen molar-refractivity contribution in [3.05, 3.63) is 29.3 Å². The van der Waals surface area contributed by atoms with Crippen LogP contribution in [0.1, 0.15) is 36.9 Å². The molecule has 1 aliphatic heterocycles. The fourth-order valence-corrected chi connectivity index (χ4v) is 2.89. The third kappa shape index (κ3) is 1.93. The number of fused-ring (bicyclic) bond motifs is 1. The molecule has 0 spiro atoms. The molecule has 3 nitrogen and oxygen atoms in total. The molecule has 1 aromatic rings. The van der Waals surface area contributed by atoms with E-state index < -0.39 is 0 Å². The maximum atomic E-state index is 11.7. The number of nitrogens with one attached hydrogen (secondary N) is 1. The molecule has 96 valence electrons. The Balaban J connectivity index is 1.90. The Morgan fingerprint density at radius 2 is 2.22 bits per heavy atom. The molecule has 2 aliphatic rings. The molecule has 0 bridgehead atoms. The lowest BCUT2D eigenvalue weighted by atomic mass is 9.99. The van der Waals surface area contributed by atoms with Gasteiger partial charge in [-0.05, 0) is 42.5 Å². The van der Waals surface area contributed by atoms with E-state index in [1.165, 1.54) is 24.0 Å². The number of hydrogen-bond donors (Lipinski definition) is 1. The Hall–Kier alpha value is -1.35. The summed E-state index contributed by atoms with van der Waals surface area (Å²) in [7, 11) is 1.86. The maximum Gasteiger partial charge on any atom is 0.231 e. The molecule has 18 heavy (non-hydrogen) atoms. The fraction of sp³-hybridized carbons (Fsp3) is 0.533. The highest BCUT2D eigenvalue weighted by Gasteiger charge is 2.33. The highest BCUT2D eigenvalue weighted by atomic mass is 16.2. The molecule has 1 unspecified atom stereocenters. The van der Waals surface area contributed by atoms with Gasteiger partial charge in [-0.2, -0.15) is 0 Å². The summed E-state index contributed by atoms with van der Waals surface area (Å²) in [6.45, 7) is 3.15. The summed E-state index contributed by atoms with van der Waals surface area (Å²) in [5.74, 6) is 0.992. The molecule has 1 aromatic carbocycles. The Kier molecular flexibility index (Phi) is 2.86. The van der Waals surface area contributed by atoms with Crippen LogP contribution in [0.4, 0.5) is 5.69 Å². The smallest absolute Gasteiger partial charge is 0.231 e. The third-order valence-electron chi connectivity index (χ3n) is 4.06. The highest BCUT2D eigenvalue weighted by molar-refractivity contribution is 6.00. The summed E-state index contributed by atoms with van der Waals surface area (Å²) in [4.78, 5) is 13.5. The van der Waals surface area contributed by atoms with Crippen LogP contribution in [0, 0.1) is 5.92 Å². The number of nitrogens with zero attached hydrogens (tertiary/aromatic N) is 1. The quantitative estimate of drug-likeness (QED) is 0.881. The normalized spacial score (nSPS) is 20.1. The van der Waals surface area contributed by atoms with E-state index in [9.17, 15) is 4.79 Å². The molecule has 1 aliphatic carbocycles. The van der Waals surface area contributed by atoms with Gasteiger partial charge in [0, 0.05) is 18.8 Å². The molecule has 0 saturated heterocycles. The van der Waals surface area contributed by atoms with E-state index in [4.69, 9.17) is 0 Å². The summed E-state index contributed by atoms with van der Waals surface area (Å²) in [6.07, 6.45) is 3.21. The van der Waals surface area contributed by atoms with Crippen molar-refractivity contribution in [3.63, 3.8) is 0 Å². The molecule has 3 rings (SSSR count). The Bertz CT molecular complexity index is 479. The molecule has 0 aromatic heterocycles. The van der Waals surface area contributed by atoms with Crippen molar-refractivity contribution >= 4 is 11.6 Å². The molecular formula is C15H20N2O. The average molecular weight is 244 g/mol. The topological polar surface area (TPSA) is 32.3 Å². The van der Waals surface area contributed by atoms with E-state index >= 15 is 0 Å². The Morgan fingerprint density at radius 1 is 1.44 bits per heavy atom. The van der Waals surface area contributed by atoms with Crippen molar-refractivity contribution < 1.29 is 4.79 Å². The molecule has 1 N–H and O–H groups in total. The SMILES string of the molecule is CCNC(c1ccc2c(c1)CC(=O)N2C)C1CC1. The van der Waals surface area contributed by atoms with Crippen LogP contribution < -0.4 is 10.2 Å². The summed E-state index contributed by atoms with van der Waals surface area (Å²) in [5, 5.41) is 3.58. The summed E-state index contributed by atoms with van der Waals surface area (Å²) in [5.41, 5.74) is 3.61. The average Bonchev–Trinajstić information content (AvgIpc) is 3.15. The first-order valence-corrected chi connectivity index (χ1v) is 6.83. The van der Waals surface area contributed by atoms with Gasteiger partial charge in [0.2, 0.25) is 5.91 Å². The highest BCUT2D eigenvalue weighted by Crippen LogP contribution is 2.42. The van der Waals surface area contributed by atoms with Gasteiger partial charge in [0.15, 0.2) is 0 Å². The standard InChI is InChI=1S/C15H20N2O/c1-3-16-15(10-4-5-10)11-6-7-13-12(8-11)9-14(18)17(13)2/h6-8,10,15-16H,3-5,9H2,1-2H3. The Labute approximate surface area is 108 Å². The zero-order valence-electron chi connectivity index (χ0n) is 11.1. The van der Waals surface area contributed by atoms with Crippen molar-refractivity contribution in [1.82, 2.24) is 5.32 Å². The first-order valence-electron chi connectivity index (χ1n) is 6.83. The minimum absolute atomic E-state index is 0.202. The molecule has 1 heterocycles. The summed E-state index contributed by atoms with van der Waals surface area (Å²) < 4.78 is 0. The van der Waals surface area contributed by atoms with E-state index in [-0.39, 0.29) is 5.91 Å². The van der Waals surface area contributed by atoms with E-state index in [1.54, 1.807) is 4.90 Å². The van der Waals surface area contributed by atoms with Crippen LogP contribution in [-0.4, -0.2) is 19.5 Å². The van der Waals surface area contributed by atoms with Crippen LogP contribution in [0.25, 0.3) is 0 Å². The summed E-state index contributed by atoms with van der Waals surface area (Å²) >= 11 is 0. The largest absolute Gasteiger partial charge is 0.315 e. The van der Waals surface area contributed by atoms with Gasteiger partial charge in [-0.15, -0.1) is 0 Å². The molecule has 1 atom stereocenters. The number of anilines is 1. The first kappa shape index (κ1) is 11.7. The number of hydrogen-bond acceptors (Lipinski definition) is 2. The van der Waals surface area contributed by atoms with Gasteiger partial charge in [0.1, 0.15) is 0 Å². The number of amides is 1. The van der Waals surface area contributed by atoms with Gasteiger partial charge in [0.05, 0.1) is 6.42 Å². The zero-order valence-corrected chi connectivity index (χ0v) is 11.1. The monoisotopic (exact) mass is 244 g/mol.